The molecule has 94 valence electrons. The minimum atomic E-state index is -0.147. The van der Waals surface area contributed by atoms with Crippen LogP contribution in [0, 0.1) is 6.92 Å². The van der Waals surface area contributed by atoms with Gasteiger partial charge in [0.25, 0.3) is 0 Å². The second-order valence-corrected chi connectivity index (χ2v) is 4.18. The lowest BCUT2D eigenvalue weighted by atomic mass is 10.2. The van der Waals surface area contributed by atoms with Crippen molar-refractivity contribution in [2.24, 2.45) is 0 Å². The molecule has 0 saturated carbocycles. The number of carbonyl (C=O) groups is 1. The molecule has 0 amide bonds. The van der Waals surface area contributed by atoms with Gasteiger partial charge in [-0.05, 0) is 33.2 Å². The van der Waals surface area contributed by atoms with E-state index in [0.29, 0.717) is 13.2 Å². The highest BCUT2D eigenvalue weighted by Gasteiger charge is 2.32. The van der Waals surface area contributed by atoms with Gasteiger partial charge < -0.3 is 4.74 Å². The average molecular weight is 239 g/mol. The van der Waals surface area contributed by atoms with E-state index in [0.717, 1.165) is 30.8 Å². The third kappa shape index (κ3) is 2.63. The zero-order valence-electron chi connectivity index (χ0n) is 10.2. The Labute approximate surface area is 99.9 Å². The van der Waals surface area contributed by atoms with Crippen LogP contribution < -0.4 is 0 Å². The molecule has 0 N–H and O–H groups in total. The van der Waals surface area contributed by atoms with Gasteiger partial charge >= 0.3 is 5.97 Å². The van der Waals surface area contributed by atoms with E-state index >= 15 is 0 Å². The normalized spacial score (nSPS) is 20.7. The van der Waals surface area contributed by atoms with E-state index in [1.165, 1.54) is 0 Å². The number of hydrogen-bond acceptors (Lipinski definition) is 6. The Kier molecular flexibility index (Phi) is 3.73. The van der Waals surface area contributed by atoms with E-state index in [9.17, 15) is 4.79 Å². The first-order chi connectivity index (χ1) is 8.22. The number of carbonyl (C=O) groups excluding carboxylic acids is 1. The van der Waals surface area contributed by atoms with Crippen LogP contribution in [0.25, 0.3) is 0 Å². The Balaban J connectivity index is 2.00. The summed E-state index contributed by atoms with van der Waals surface area (Å²) in [5.74, 6) is -0.140. The molecule has 0 radical (unpaired) electrons. The third-order valence-corrected chi connectivity index (χ3v) is 3.02. The first-order valence-corrected chi connectivity index (χ1v) is 5.91. The molecule has 1 saturated heterocycles. The van der Waals surface area contributed by atoms with Gasteiger partial charge in [0.15, 0.2) is 0 Å². The monoisotopic (exact) mass is 239 g/mol. The van der Waals surface area contributed by atoms with Crippen molar-refractivity contribution in [2.45, 2.75) is 39.3 Å². The molecule has 0 bridgehead atoms. The Morgan fingerprint density at radius 2 is 2.41 bits per heavy atom. The number of rotatable bonds is 4. The van der Waals surface area contributed by atoms with Crippen LogP contribution in [0.3, 0.4) is 0 Å². The first kappa shape index (κ1) is 12.0. The van der Waals surface area contributed by atoms with Crippen molar-refractivity contribution in [3.8, 4) is 0 Å². The molecule has 1 unspecified atom stereocenters. The Bertz CT molecular complexity index is 391. The molecule has 1 aromatic rings. The van der Waals surface area contributed by atoms with Crippen molar-refractivity contribution < 1.29 is 14.2 Å². The molecule has 2 heterocycles. The minimum Gasteiger partial charge on any atom is -0.465 e. The van der Waals surface area contributed by atoms with E-state index in [1.807, 2.05) is 13.8 Å². The van der Waals surface area contributed by atoms with Crippen LogP contribution >= 0.6 is 0 Å². The number of hydrogen-bond donors (Lipinski definition) is 0. The summed E-state index contributed by atoms with van der Waals surface area (Å²) in [6.07, 6.45) is 1.86. The summed E-state index contributed by atoms with van der Waals surface area (Å²) in [7, 11) is 0. The van der Waals surface area contributed by atoms with Crippen molar-refractivity contribution in [2.75, 3.05) is 13.2 Å². The van der Waals surface area contributed by atoms with Crippen molar-refractivity contribution in [1.29, 1.82) is 0 Å². The van der Waals surface area contributed by atoms with Crippen molar-refractivity contribution in [3.05, 3.63) is 11.4 Å². The minimum absolute atomic E-state index is 0.140. The maximum absolute atomic E-state index is 11.7. The van der Waals surface area contributed by atoms with Gasteiger partial charge in [-0.1, -0.05) is 10.3 Å². The van der Waals surface area contributed by atoms with Gasteiger partial charge in [0.2, 0.25) is 0 Å². The quantitative estimate of drug-likeness (QED) is 0.727. The van der Waals surface area contributed by atoms with Crippen LogP contribution in [-0.2, 0) is 16.1 Å². The van der Waals surface area contributed by atoms with E-state index in [2.05, 4.69) is 19.8 Å². The number of ether oxygens (including phenoxy) is 1. The second kappa shape index (κ2) is 5.27. The van der Waals surface area contributed by atoms with Crippen LogP contribution in [-0.4, -0.2) is 40.4 Å². The molecular formula is C11H17N3O3. The van der Waals surface area contributed by atoms with Crippen molar-refractivity contribution in [3.63, 3.8) is 0 Å². The smallest absolute Gasteiger partial charge is 0.323 e. The highest BCUT2D eigenvalue weighted by molar-refractivity contribution is 5.76. The SMILES string of the molecule is CCOC(=O)C1CCCN1Cc1nonc1C. The number of aryl methyl sites for hydroxylation is 1. The molecular weight excluding hydrogens is 222 g/mol. The maximum atomic E-state index is 11.7. The van der Waals surface area contributed by atoms with Gasteiger partial charge in [-0.15, -0.1) is 0 Å². The molecule has 1 aliphatic rings. The van der Waals surface area contributed by atoms with Crippen LogP contribution in [0.1, 0.15) is 31.2 Å². The first-order valence-electron chi connectivity index (χ1n) is 5.91. The standard InChI is InChI=1S/C11H17N3O3/c1-3-16-11(15)10-5-4-6-14(10)7-9-8(2)12-17-13-9/h10H,3-7H2,1-2H3. The fourth-order valence-electron chi connectivity index (χ4n) is 2.11. The maximum Gasteiger partial charge on any atom is 0.323 e. The van der Waals surface area contributed by atoms with Gasteiger partial charge in [-0.3, -0.25) is 9.69 Å². The number of aromatic nitrogens is 2. The summed E-state index contributed by atoms with van der Waals surface area (Å²) in [5.41, 5.74) is 1.57. The van der Waals surface area contributed by atoms with Crippen LogP contribution in [0.15, 0.2) is 4.63 Å². The number of esters is 1. The predicted octanol–water partition coefficient (Wildman–Crippen LogP) is 0.906. The molecule has 1 atom stereocenters. The van der Waals surface area contributed by atoms with E-state index in [4.69, 9.17) is 4.74 Å². The second-order valence-electron chi connectivity index (χ2n) is 4.18. The van der Waals surface area contributed by atoms with Crippen molar-refractivity contribution in [1.82, 2.24) is 15.2 Å². The molecule has 0 aliphatic carbocycles. The van der Waals surface area contributed by atoms with Crippen molar-refractivity contribution >= 4 is 5.97 Å². The Morgan fingerprint density at radius 3 is 3.06 bits per heavy atom. The predicted molar refractivity (Wildman–Crippen MR) is 59.1 cm³/mol. The summed E-state index contributed by atoms with van der Waals surface area (Å²) < 4.78 is 9.72. The summed E-state index contributed by atoms with van der Waals surface area (Å²) in [5, 5.41) is 7.58. The molecule has 0 spiro atoms. The Morgan fingerprint density at radius 1 is 1.59 bits per heavy atom. The number of likely N-dealkylation sites (tertiary alicyclic amines) is 1. The lowest BCUT2D eigenvalue weighted by Gasteiger charge is -2.21. The number of nitrogens with zero attached hydrogens (tertiary/aromatic N) is 3. The molecule has 17 heavy (non-hydrogen) atoms. The summed E-state index contributed by atoms with van der Waals surface area (Å²) in [6, 6.07) is -0.147. The highest BCUT2D eigenvalue weighted by Crippen LogP contribution is 2.21. The fourth-order valence-corrected chi connectivity index (χ4v) is 2.11. The van der Waals surface area contributed by atoms with E-state index in [1.54, 1.807) is 0 Å². The lowest BCUT2D eigenvalue weighted by Crippen LogP contribution is -2.37. The topological polar surface area (TPSA) is 68.5 Å². The molecule has 6 heteroatoms. The van der Waals surface area contributed by atoms with Gasteiger partial charge in [0.05, 0.1) is 6.61 Å². The van der Waals surface area contributed by atoms with Crippen LogP contribution in [0.2, 0.25) is 0 Å². The zero-order valence-corrected chi connectivity index (χ0v) is 10.2. The lowest BCUT2D eigenvalue weighted by molar-refractivity contribution is -0.148. The summed E-state index contributed by atoms with van der Waals surface area (Å²) >= 11 is 0. The molecule has 1 aromatic heterocycles. The van der Waals surface area contributed by atoms with Gasteiger partial charge in [0, 0.05) is 6.54 Å². The highest BCUT2D eigenvalue weighted by atomic mass is 16.6. The average Bonchev–Trinajstić information content (AvgIpc) is 2.90. The van der Waals surface area contributed by atoms with E-state index in [-0.39, 0.29) is 12.0 Å². The van der Waals surface area contributed by atoms with Crippen LogP contribution in [0.4, 0.5) is 0 Å². The van der Waals surface area contributed by atoms with Gasteiger partial charge in [-0.25, -0.2) is 4.63 Å². The molecule has 1 fully saturated rings. The molecule has 2 rings (SSSR count). The van der Waals surface area contributed by atoms with Gasteiger partial charge in [-0.2, -0.15) is 0 Å². The fraction of sp³-hybridized carbons (Fsp3) is 0.727. The summed E-state index contributed by atoms with van der Waals surface area (Å²) in [6.45, 7) is 5.58. The van der Waals surface area contributed by atoms with Crippen LogP contribution in [0.5, 0.6) is 0 Å². The zero-order chi connectivity index (χ0) is 12.3. The molecule has 6 nitrogen and oxygen atoms in total. The Hall–Kier alpha value is -1.43. The molecule has 1 aliphatic heterocycles. The van der Waals surface area contributed by atoms with Gasteiger partial charge in [0.1, 0.15) is 17.4 Å². The third-order valence-electron chi connectivity index (χ3n) is 3.02. The largest absolute Gasteiger partial charge is 0.465 e. The molecule has 0 aromatic carbocycles. The summed E-state index contributed by atoms with van der Waals surface area (Å²) in [4.78, 5) is 13.8. The van der Waals surface area contributed by atoms with E-state index < -0.39 is 0 Å².